The predicted octanol–water partition coefficient (Wildman–Crippen LogP) is 3.27. The van der Waals surface area contributed by atoms with Gasteiger partial charge in [0.25, 0.3) is 5.91 Å². The number of carbonyl (C=O) groups excluding carboxylic acids is 1. The summed E-state index contributed by atoms with van der Waals surface area (Å²) in [6, 6.07) is 19.1. The van der Waals surface area contributed by atoms with Gasteiger partial charge < -0.3 is 23.8 Å². The second-order valence-electron chi connectivity index (χ2n) is 8.18. The van der Waals surface area contributed by atoms with Crippen molar-refractivity contribution in [1.82, 2.24) is 9.62 Å². The molecule has 3 aromatic carbocycles. The van der Waals surface area contributed by atoms with Crippen LogP contribution < -0.4 is 23.7 Å². The first-order valence-corrected chi connectivity index (χ1v) is 13.0. The Balaban J connectivity index is 1.53. The Hall–Kier alpha value is -3.76. The first kappa shape index (κ1) is 27.8. The van der Waals surface area contributed by atoms with E-state index >= 15 is 0 Å². The molecule has 0 unspecified atom stereocenters. The molecule has 0 atom stereocenters. The molecule has 0 heterocycles. The first-order chi connectivity index (χ1) is 17.8. The average Bonchev–Trinajstić information content (AvgIpc) is 2.91. The summed E-state index contributed by atoms with van der Waals surface area (Å²) in [5, 5.41) is 0. The molecule has 0 radical (unpaired) electrons. The van der Waals surface area contributed by atoms with Crippen LogP contribution in [0.5, 0.6) is 23.0 Å². The number of rotatable bonds is 13. The molecule has 37 heavy (non-hydrogen) atoms. The largest absolute Gasteiger partial charge is 0.493 e. The molecular weight excluding hydrogens is 496 g/mol. The first-order valence-electron chi connectivity index (χ1n) is 11.6. The van der Waals surface area contributed by atoms with Gasteiger partial charge in [-0.3, -0.25) is 4.79 Å². The lowest BCUT2D eigenvalue weighted by atomic mass is 10.1. The van der Waals surface area contributed by atoms with Gasteiger partial charge in [0, 0.05) is 20.1 Å². The Morgan fingerprint density at radius 3 is 2.05 bits per heavy atom. The number of benzene rings is 3. The molecule has 0 aliphatic rings. The second-order valence-corrected chi connectivity index (χ2v) is 9.94. The SMILES string of the molecule is COc1cc(CN(C)C(=O)COc2ccc(S(=O)(=O)NCCc3ccccc3)cc2)cc(OC)c1OC. The fourth-order valence-electron chi connectivity index (χ4n) is 3.62. The lowest BCUT2D eigenvalue weighted by Gasteiger charge is -2.20. The number of sulfonamides is 1. The summed E-state index contributed by atoms with van der Waals surface area (Å²) >= 11 is 0. The Kier molecular flexibility index (Phi) is 9.76. The summed E-state index contributed by atoms with van der Waals surface area (Å²) in [6.07, 6.45) is 0.590. The zero-order chi connectivity index (χ0) is 26.8. The summed E-state index contributed by atoms with van der Waals surface area (Å²) in [5.41, 5.74) is 1.84. The number of hydrogen-bond donors (Lipinski definition) is 1. The van der Waals surface area contributed by atoms with Crippen LogP contribution in [0, 0.1) is 0 Å². The zero-order valence-electron chi connectivity index (χ0n) is 21.4. The fraction of sp³-hybridized carbons (Fsp3) is 0.296. The van der Waals surface area contributed by atoms with Crippen molar-refractivity contribution in [2.45, 2.75) is 17.9 Å². The second kappa shape index (κ2) is 13.0. The van der Waals surface area contributed by atoms with E-state index in [4.69, 9.17) is 18.9 Å². The minimum absolute atomic E-state index is 0.124. The summed E-state index contributed by atoms with van der Waals surface area (Å²) in [7, 11) is 2.59. The van der Waals surface area contributed by atoms with Crippen LogP contribution in [0.4, 0.5) is 0 Å². The van der Waals surface area contributed by atoms with Gasteiger partial charge in [0.1, 0.15) is 5.75 Å². The highest BCUT2D eigenvalue weighted by molar-refractivity contribution is 7.89. The summed E-state index contributed by atoms with van der Waals surface area (Å²) in [4.78, 5) is 14.3. The molecule has 0 fully saturated rings. The Morgan fingerprint density at radius 1 is 0.865 bits per heavy atom. The number of nitrogens with one attached hydrogen (secondary N) is 1. The molecule has 0 aliphatic carbocycles. The number of amides is 1. The van der Waals surface area contributed by atoms with Gasteiger partial charge in [-0.25, -0.2) is 13.1 Å². The molecule has 0 saturated carbocycles. The van der Waals surface area contributed by atoms with E-state index in [2.05, 4.69) is 4.72 Å². The van der Waals surface area contributed by atoms with E-state index in [9.17, 15) is 13.2 Å². The summed E-state index contributed by atoms with van der Waals surface area (Å²) in [5.74, 6) is 1.60. The van der Waals surface area contributed by atoms with Crippen LogP contribution in [-0.2, 0) is 27.8 Å². The quantitative estimate of drug-likeness (QED) is 0.363. The molecule has 0 spiro atoms. The standard InChI is InChI=1S/C27H32N2O7S/c1-29(18-21-16-24(33-2)27(35-4)25(17-21)34-3)26(30)19-36-22-10-12-23(13-11-22)37(31,32)28-15-14-20-8-6-5-7-9-20/h5-13,16-17,28H,14-15,18-19H2,1-4H3. The minimum Gasteiger partial charge on any atom is -0.493 e. The van der Waals surface area contributed by atoms with Gasteiger partial charge in [0.15, 0.2) is 18.1 Å². The lowest BCUT2D eigenvalue weighted by Crippen LogP contribution is -2.31. The molecule has 3 rings (SSSR count). The third kappa shape index (κ3) is 7.61. The van der Waals surface area contributed by atoms with Gasteiger partial charge in [-0.1, -0.05) is 30.3 Å². The van der Waals surface area contributed by atoms with Crippen LogP contribution in [-0.4, -0.2) is 60.8 Å². The molecule has 1 amide bonds. The van der Waals surface area contributed by atoms with E-state index in [1.165, 1.54) is 50.5 Å². The maximum absolute atomic E-state index is 12.6. The molecule has 0 saturated heterocycles. The van der Waals surface area contributed by atoms with Crippen molar-refractivity contribution in [3.05, 3.63) is 77.9 Å². The molecule has 9 nitrogen and oxygen atoms in total. The van der Waals surface area contributed by atoms with Crippen LogP contribution in [0.3, 0.4) is 0 Å². The Bertz CT molecular complexity index is 1250. The van der Waals surface area contributed by atoms with Crippen molar-refractivity contribution in [2.24, 2.45) is 0 Å². The van der Waals surface area contributed by atoms with Gasteiger partial charge in [0.2, 0.25) is 15.8 Å². The predicted molar refractivity (Wildman–Crippen MR) is 140 cm³/mol. The lowest BCUT2D eigenvalue weighted by molar-refractivity contribution is -0.132. The summed E-state index contributed by atoms with van der Waals surface area (Å²) < 4.78 is 49.3. The maximum Gasteiger partial charge on any atom is 0.260 e. The van der Waals surface area contributed by atoms with Crippen molar-refractivity contribution < 1.29 is 32.2 Å². The van der Waals surface area contributed by atoms with Crippen molar-refractivity contribution in [3.63, 3.8) is 0 Å². The monoisotopic (exact) mass is 528 g/mol. The van der Waals surface area contributed by atoms with Crippen LogP contribution in [0.2, 0.25) is 0 Å². The van der Waals surface area contributed by atoms with Crippen LogP contribution in [0.25, 0.3) is 0 Å². The molecule has 0 aromatic heterocycles. The van der Waals surface area contributed by atoms with E-state index in [1.54, 1.807) is 19.2 Å². The summed E-state index contributed by atoms with van der Waals surface area (Å²) in [6.45, 7) is 0.379. The minimum atomic E-state index is -3.65. The van der Waals surface area contributed by atoms with Gasteiger partial charge in [-0.15, -0.1) is 0 Å². The van der Waals surface area contributed by atoms with E-state index in [0.717, 1.165) is 11.1 Å². The highest BCUT2D eigenvalue weighted by Crippen LogP contribution is 2.38. The van der Waals surface area contributed by atoms with Gasteiger partial charge in [-0.2, -0.15) is 0 Å². The van der Waals surface area contributed by atoms with Crippen LogP contribution >= 0.6 is 0 Å². The number of nitrogens with zero attached hydrogens (tertiary/aromatic N) is 1. The smallest absolute Gasteiger partial charge is 0.260 e. The Labute approximate surface area is 218 Å². The molecular formula is C27H32N2O7S. The number of carbonyl (C=O) groups is 1. The number of ether oxygens (including phenoxy) is 4. The third-order valence-electron chi connectivity index (χ3n) is 5.61. The molecule has 0 bridgehead atoms. The molecule has 10 heteroatoms. The number of hydrogen-bond acceptors (Lipinski definition) is 7. The van der Waals surface area contributed by atoms with Crippen molar-refractivity contribution in [3.8, 4) is 23.0 Å². The van der Waals surface area contributed by atoms with Crippen LogP contribution in [0.15, 0.2) is 71.6 Å². The zero-order valence-corrected chi connectivity index (χ0v) is 22.2. The highest BCUT2D eigenvalue weighted by Gasteiger charge is 2.17. The van der Waals surface area contributed by atoms with Crippen molar-refractivity contribution in [1.29, 1.82) is 0 Å². The normalized spacial score (nSPS) is 11.0. The van der Waals surface area contributed by atoms with E-state index in [-0.39, 0.29) is 24.0 Å². The highest BCUT2D eigenvalue weighted by atomic mass is 32.2. The molecule has 0 aliphatic heterocycles. The maximum atomic E-state index is 12.6. The number of likely N-dealkylation sites (N-methyl/N-ethyl adjacent to an activating group) is 1. The average molecular weight is 529 g/mol. The van der Waals surface area contributed by atoms with Crippen molar-refractivity contribution >= 4 is 15.9 Å². The number of methoxy groups -OCH3 is 3. The van der Waals surface area contributed by atoms with E-state index < -0.39 is 10.0 Å². The fourth-order valence-corrected chi connectivity index (χ4v) is 4.65. The molecule has 3 aromatic rings. The van der Waals surface area contributed by atoms with Gasteiger partial charge >= 0.3 is 0 Å². The molecule has 198 valence electrons. The van der Waals surface area contributed by atoms with Gasteiger partial charge in [0.05, 0.1) is 26.2 Å². The van der Waals surface area contributed by atoms with E-state index in [1.807, 2.05) is 30.3 Å². The topological polar surface area (TPSA) is 103 Å². The van der Waals surface area contributed by atoms with Gasteiger partial charge in [-0.05, 0) is 53.9 Å². The third-order valence-corrected chi connectivity index (χ3v) is 7.09. The van der Waals surface area contributed by atoms with E-state index in [0.29, 0.717) is 36.0 Å². The Morgan fingerprint density at radius 2 is 1.49 bits per heavy atom. The molecule has 1 N–H and O–H groups in total. The van der Waals surface area contributed by atoms with Crippen LogP contribution in [0.1, 0.15) is 11.1 Å². The van der Waals surface area contributed by atoms with Crippen molar-refractivity contribution in [2.75, 3.05) is 41.5 Å².